The number of aliphatic hydroxyl groups is 9. The molecule has 5 aliphatic heterocycles. The fourth-order valence-electron chi connectivity index (χ4n) is 15.7. The van der Waals surface area contributed by atoms with E-state index in [0.29, 0.717) is 38.5 Å². The lowest BCUT2D eigenvalue weighted by Gasteiger charge is -2.67. The third-order valence-electron chi connectivity index (χ3n) is 20.1. The molecular formula is C55H90O24. The van der Waals surface area contributed by atoms with Gasteiger partial charge in [0.15, 0.2) is 31.5 Å². The van der Waals surface area contributed by atoms with Crippen molar-refractivity contribution in [3.63, 3.8) is 0 Å². The monoisotopic (exact) mass is 1130 g/mol. The molecule has 9 N–H and O–H groups in total. The van der Waals surface area contributed by atoms with Crippen molar-refractivity contribution in [2.24, 2.45) is 22.7 Å². The number of carbonyl (C=O) groups is 1. The molecule has 24 heteroatoms. The summed E-state index contributed by atoms with van der Waals surface area (Å²) in [7, 11) is 6.10. The summed E-state index contributed by atoms with van der Waals surface area (Å²) in [5, 5.41) is 101. The second-order valence-electron chi connectivity index (χ2n) is 24.4. The maximum absolute atomic E-state index is 12.8. The summed E-state index contributed by atoms with van der Waals surface area (Å²) in [6, 6.07) is 0. The van der Waals surface area contributed by atoms with Crippen LogP contribution in [0.5, 0.6) is 0 Å². The fraction of sp³-hybridized carbons (Fsp3) is 0.945. The zero-order valence-electron chi connectivity index (χ0n) is 47.4. The normalized spacial score (nSPS) is 54.1. The van der Waals surface area contributed by atoms with Crippen molar-refractivity contribution in [1.29, 1.82) is 0 Å². The Morgan fingerprint density at radius 2 is 1.10 bits per heavy atom. The van der Waals surface area contributed by atoms with E-state index in [1.165, 1.54) is 21.1 Å². The van der Waals surface area contributed by atoms with Gasteiger partial charge in [0.25, 0.3) is 0 Å². The molecule has 9 aliphatic rings. The van der Waals surface area contributed by atoms with Crippen LogP contribution in [-0.4, -0.2) is 252 Å². The summed E-state index contributed by atoms with van der Waals surface area (Å²) in [5.41, 5.74) is -4.74. The quantitative estimate of drug-likeness (QED) is 0.0890. The van der Waals surface area contributed by atoms with Crippen LogP contribution in [0.1, 0.15) is 106 Å². The summed E-state index contributed by atoms with van der Waals surface area (Å²) in [5.74, 6) is -1.75. The van der Waals surface area contributed by atoms with Crippen LogP contribution in [0.3, 0.4) is 0 Å². The van der Waals surface area contributed by atoms with E-state index in [0.717, 1.165) is 5.57 Å². The number of rotatable bonds is 16. The van der Waals surface area contributed by atoms with E-state index in [9.17, 15) is 50.8 Å². The lowest BCUT2D eigenvalue weighted by atomic mass is 9.42. The van der Waals surface area contributed by atoms with Crippen molar-refractivity contribution in [2.75, 3.05) is 35.0 Å². The zero-order chi connectivity index (χ0) is 57.4. The molecule has 8 fully saturated rings. The van der Waals surface area contributed by atoms with Gasteiger partial charge in [-0.15, -0.1) is 0 Å². The van der Waals surface area contributed by atoms with Gasteiger partial charge >= 0.3 is 0 Å². The average molecular weight is 1140 g/mol. The van der Waals surface area contributed by atoms with Crippen LogP contribution in [-0.2, 0) is 71.1 Å². The lowest BCUT2D eigenvalue weighted by molar-refractivity contribution is -0.374. The molecule has 3 saturated carbocycles. The van der Waals surface area contributed by atoms with Gasteiger partial charge in [0, 0.05) is 65.0 Å². The van der Waals surface area contributed by atoms with E-state index in [4.69, 9.17) is 66.3 Å². The molecule has 0 aromatic rings. The molecule has 0 aromatic carbocycles. The van der Waals surface area contributed by atoms with Crippen LogP contribution < -0.4 is 0 Å². The number of hydrogen-bond acceptors (Lipinski definition) is 24. The van der Waals surface area contributed by atoms with Crippen molar-refractivity contribution < 1.29 is 117 Å². The minimum absolute atomic E-state index is 0.0660. The topological polar surface area (TPSA) is 328 Å². The molecule has 0 unspecified atom stereocenters. The van der Waals surface area contributed by atoms with E-state index in [-0.39, 0.29) is 31.1 Å². The maximum Gasteiger partial charge on any atom is 0.187 e. The van der Waals surface area contributed by atoms with Crippen LogP contribution >= 0.6 is 0 Å². The van der Waals surface area contributed by atoms with Gasteiger partial charge in [0.1, 0.15) is 78.0 Å². The molecule has 79 heavy (non-hydrogen) atoms. The Morgan fingerprint density at radius 1 is 0.595 bits per heavy atom. The zero-order valence-corrected chi connectivity index (χ0v) is 47.4. The van der Waals surface area contributed by atoms with Crippen LogP contribution in [0, 0.1) is 22.7 Å². The van der Waals surface area contributed by atoms with Gasteiger partial charge < -0.3 is 112 Å². The molecule has 0 aromatic heterocycles. The summed E-state index contributed by atoms with van der Waals surface area (Å²) >= 11 is 0. The maximum atomic E-state index is 12.8. The number of Topliss-reactive ketones (excluding diaryl/α,β-unsaturated/α-hetero) is 1. The first-order valence-electron chi connectivity index (χ1n) is 28.3. The van der Waals surface area contributed by atoms with Crippen molar-refractivity contribution in [1.82, 2.24) is 0 Å². The van der Waals surface area contributed by atoms with Crippen LogP contribution in [0.25, 0.3) is 0 Å². The third-order valence-corrected chi connectivity index (χ3v) is 20.1. The van der Waals surface area contributed by atoms with Gasteiger partial charge in [-0.25, -0.2) is 0 Å². The Kier molecular flexibility index (Phi) is 18.9. The van der Waals surface area contributed by atoms with Gasteiger partial charge in [-0.05, 0) is 78.6 Å². The standard InChI is InChI=1S/C55H90O24/c1-23(57)30-14-17-55(65)53(30,7)49(63)42(62)48-52(6)15-13-29(18-28(52)12-16-54(48,55)64)74-35-19-31(66-8)43(24(2)70-35)76-36-20-32(67-9)44(25(3)71-36)77-37-21-33(68-10)45(26(4)72-37)78-51-41(61)47(69-11)46(27(5)73-51)79-50-40(60)39(59)38(58)34(22-56)75-50/h12,24-27,29-51,56,58-65H,13-22H2,1-11H3/t24-,25-,26-,27-,29+,30-,31+,32+,33+,34-,35+,36+,37+,38-,39+,40-,41-,42+,43-,44-,45-,46-,47+,48-,49-,50+,51+,52+,53+,54+,55-/m1/s1. The number of ketones is 1. The second kappa shape index (κ2) is 24.1. The number of aliphatic hydroxyl groups excluding tert-OH is 7. The van der Waals surface area contributed by atoms with Crippen molar-refractivity contribution in [3.05, 3.63) is 11.6 Å². The molecule has 24 nitrogen and oxygen atoms in total. The predicted molar refractivity (Wildman–Crippen MR) is 270 cm³/mol. The van der Waals surface area contributed by atoms with Crippen molar-refractivity contribution in [2.45, 2.75) is 271 Å². The summed E-state index contributed by atoms with van der Waals surface area (Å²) in [6.45, 7) is 11.6. The smallest absolute Gasteiger partial charge is 0.187 e. The highest BCUT2D eigenvalue weighted by Gasteiger charge is 2.79. The fourth-order valence-corrected chi connectivity index (χ4v) is 15.7. The minimum Gasteiger partial charge on any atom is -0.394 e. The first-order valence-corrected chi connectivity index (χ1v) is 28.3. The lowest BCUT2D eigenvalue weighted by Crippen LogP contribution is -2.79. The number of ether oxygens (including phenoxy) is 14. The van der Waals surface area contributed by atoms with Crippen molar-refractivity contribution >= 4 is 5.78 Å². The molecule has 5 heterocycles. The first-order chi connectivity index (χ1) is 37.3. The molecule has 0 spiro atoms. The molecule has 4 aliphatic carbocycles. The van der Waals surface area contributed by atoms with Crippen molar-refractivity contribution in [3.8, 4) is 0 Å². The van der Waals surface area contributed by atoms with Gasteiger partial charge in [-0.3, -0.25) is 4.79 Å². The Bertz CT molecular complexity index is 2110. The first kappa shape index (κ1) is 62.0. The largest absolute Gasteiger partial charge is 0.394 e. The molecule has 31 atom stereocenters. The molecular weight excluding hydrogens is 1040 g/mol. The Morgan fingerprint density at radius 3 is 1.62 bits per heavy atom. The van der Waals surface area contributed by atoms with Crippen LogP contribution in [0.2, 0.25) is 0 Å². The SMILES string of the molecule is CO[C@H]1[C@@H](O)[C@H](O[C@H]2[C@@H](OC)C[C@H](O[C@H]3[C@@H](OC)C[C@H](O[C@H]4[C@@H](OC)C[C@H](O[C@H]5CC[C@@]6(C)C(=CC[C@]7(O)[C@@H]6[C@H](O)[C@@H](O)[C@]6(C)[C@@H](C(C)=O)CC[C@@]67O)C5)O[C@@H]4C)O[C@@H]3C)O[C@@H]2C)O[C@H](C)[C@H]1O[C@@H]1O[C@H](CO)[C@@H](O)[C@H](O)[C@H]1O. The minimum atomic E-state index is -1.79. The van der Waals surface area contributed by atoms with Gasteiger partial charge in [-0.2, -0.15) is 0 Å². The summed E-state index contributed by atoms with van der Waals surface area (Å²) in [4.78, 5) is 12.8. The third kappa shape index (κ3) is 10.8. The van der Waals surface area contributed by atoms with Gasteiger partial charge in [0.05, 0.1) is 67.6 Å². The highest BCUT2D eigenvalue weighted by Crippen LogP contribution is 2.69. The van der Waals surface area contributed by atoms with E-state index < -0.39 is 188 Å². The highest BCUT2D eigenvalue weighted by atomic mass is 16.8. The summed E-state index contributed by atoms with van der Waals surface area (Å²) < 4.78 is 86.9. The molecule has 0 radical (unpaired) electrons. The Labute approximate surface area is 462 Å². The van der Waals surface area contributed by atoms with Crippen LogP contribution in [0.15, 0.2) is 11.6 Å². The average Bonchev–Trinajstić information content (AvgIpc) is 3.43. The number of carbonyl (C=O) groups excluding carboxylic acids is 1. The molecule has 9 rings (SSSR count). The molecule has 5 saturated heterocycles. The van der Waals surface area contributed by atoms with E-state index in [2.05, 4.69) is 0 Å². The Balaban J connectivity index is 0.768. The highest BCUT2D eigenvalue weighted by molar-refractivity contribution is 5.80. The van der Waals surface area contributed by atoms with E-state index >= 15 is 0 Å². The van der Waals surface area contributed by atoms with Gasteiger partial charge in [0.2, 0.25) is 0 Å². The second-order valence-corrected chi connectivity index (χ2v) is 24.4. The van der Waals surface area contributed by atoms with E-state index in [1.54, 1.807) is 35.0 Å². The predicted octanol–water partition coefficient (Wildman–Crippen LogP) is -0.378. The molecule has 0 bridgehead atoms. The Hall–Kier alpha value is -1.51. The molecule has 0 amide bonds. The summed E-state index contributed by atoms with van der Waals surface area (Å²) in [6.07, 6.45) is -18.6. The number of methoxy groups -OCH3 is 4. The number of hydrogen-bond donors (Lipinski definition) is 9. The molecule has 454 valence electrons. The van der Waals surface area contributed by atoms with Crippen LogP contribution in [0.4, 0.5) is 0 Å². The number of fused-ring (bicyclic) bond motifs is 5. The van der Waals surface area contributed by atoms with Gasteiger partial charge in [-0.1, -0.05) is 25.5 Å². The van der Waals surface area contributed by atoms with E-state index in [1.807, 2.05) is 26.8 Å².